The van der Waals surface area contributed by atoms with Crippen LogP contribution in [0.1, 0.15) is 210 Å². The van der Waals surface area contributed by atoms with Gasteiger partial charge in [0.15, 0.2) is 0 Å². The van der Waals surface area contributed by atoms with Crippen LogP contribution in [0.3, 0.4) is 0 Å². The molecule has 0 aliphatic carbocycles. The normalized spacial score (nSPS) is 14.0. The van der Waals surface area contributed by atoms with Gasteiger partial charge in [0.25, 0.3) is 0 Å². The molecule has 0 saturated heterocycles. The van der Waals surface area contributed by atoms with E-state index in [1.807, 2.05) is 120 Å². The minimum atomic E-state index is -0.165. The lowest BCUT2D eigenvalue weighted by Gasteiger charge is -2.21. The first kappa shape index (κ1) is 73.4. The van der Waals surface area contributed by atoms with Gasteiger partial charge in [-0.15, -0.1) is 5.10 Å². The largest absolute Gasteiger partial charge is 0.488 e. The zero-order valence-electron chi connectivity index (χ0n) is 49.7. The Balaban J connectivity index is -0.000000381. The summed E-state index contributed by atoms with van der Waals surface area (Å²) in [6, 6.07) is 16.5. The van der Waals surface area contributed by atoms with E-state index in [4.69, 9.17) is 32.2 Å². The fraction of sp³-hybridized carbons (Fsp3) is 0.644. The zero-order chi connectivity index (χ0) is 56.4. The van der Waals surface area contributed by atoms with E-state index in [-0.39, 0.29) is 45.6 Å². The van der Waals surface area contributed by atoms with Gasteiger partial charge < -0.3 is 32.3 Å². The van der Waals surface area contributed by atoms with Crippen LogP contribution in [0.25, 0.3) is 0 Å². The van der Waals surface area contributed by atoms with Gasteiger partial charge in [-0.2, -0.15) is 5.10 Å². The van der Waals surface area contributed by atoms with Gasteiger partial charge in [0.1, 0.15) is 23.0 Å². The molecule has 412 valence electrons. The summed E-state index contributed by atoms with van der Waals surface area (Å²) in [6.07, 6.45) is 4.13. The number of nitrogens with one attached hydrogen (secondary N) is 4. The van der Waals surface area contributed by atoms with E-state index >= 15 is 0 Å². The maximum atomic E-state index is 8.32. The van der Waals surface area contributed by atoms with Crippen molar-refractivity contribution in [3.8, 4) is 5.75 Å². The van der Waals surface area contributed by atoms with Crippen molar-refractivity contribution in [1.29, 1.82) is 10.8 Å². The molecule has 2 heterocycles. The summed E-state index contributed by atoms with van der Waals surface area (Å²) in [5.41, 5.74) is 19.9. The lowest BCUT2D eigenvalue weighted by Crippen LogP contribution is -2.31. The Hall–Kier alpha value is -5.17. The molecule has 2 aliphatic heterocycles. The predicted octanol–water partition coefficient (Wildman–Crippen LogP) is 14.6. The molecule has 4 rings (SSSR count). The van der Waals surface area contributed by atoms with Crippen molar-refractivity contribution in [3.05, 3.63) is 77.5 Å². The van der Waals surface area contributed by atoms with E-state index in [1.54, 1.807) is 27.0 Å². The van der Waals surface area contributed by atoms with Crippen LogP contribution < -0.4 is 27.0 Å². The van der Waals surface area contributed by atoms with Gasteiger partial charge >= 0.3 is 0 Å². The van der Waals surface area contributed by atoms with Gasteiger partial charge in [-0.25, -0.2) is 0 Å². The fourth-order valence-electron chi connectivity index (χ4n) is 4.95. The first-order chi connectivity index (χ1) is 31.8. The SMILES string of the molecule is C.C/C(N)=N/N=C/C(C)(C)C.C=C(NO)C(C)(C)C.CC(=N)C(C)(C)C.CC(=N)c1ccc(OC(C)(C)C)cc1.CC(C)(C)C1=NCCN1.CC(C)(C)c1ccc(C2=NCCC2)cc1.CC(N)=NC(C)(C)C. The van der Waals surface area contributed by atoms with Crippen LogP contribution in [0.2, 0.25) is 0 Å². The average molecular weight is 1000 g/mol. The maximum Gasteiger partial charge on any atom is 0.120 e. The van der Waals surface area contributed by atoms with Crippen LogP contribution in [0, 0.1) is 32.5 Å². The second kappa shape index (κ2) is 32.8. The van der Waals surface area contributed by atoms with Gasteiger partial charge in [0, 0.05) is 53.0 Å². The minimum Gasteiger partial charge on any atom is -0.488 e. The molecule has 2 aliphatic rings. The third kappa shape index (κ3) is 41.4. The van der Waals surface area contributed by atoms with Crippen molar-refractivity contribution >= 4 is 40.9 Å². The number of hydrogen-bond donors (Lipinski definition) is 7. The Morgan fingerprint density at radius 2 is 1.19 bits per heavy atom. The van der Waals surface area contributed by atoms with Crippen LogP contribution in [0.15, 0.2) is 86.0 Å². The third-order valence-corrected chi connectivity index (χ3v) is 9.39. The smallest absolute Gasteiger partial charge is 0.120 e. The number of rotatable bonds is 5. The summed E-state index contributed by atoms with van der Waals surface area (Å²) in [5, 5.41) is 33.6. The van der Waals surface area contributed by atoms with Crippen LogP contribution in [0.5, 0.6) is 5.75 Å². The number of benzene rings is 2. The summed E-state index contributed by atoms with van der Waals surface area (Å²) in [5.74, 6) is 3.14. The summed E-state index contributed by atoms with van der Waals surface area (Å²) in [4.78, 5) is 12.9. The molecule has 13 nitrogen and oxygen atoms in total. The maximum absolute atomic E-state index is 8.32. The highest BCUT2D eigenvalue weighted by Crippen LogP contribution is 2.24. The molecule has 0 spiro atoms. The van der Waals surface area contributed by atoms with Crippen LogP contribution >= 0.6 is 0 Å². The summed E-state index contributed by atoms with van der Waals surface area (Å²) in [6.45, 7) is 57.2. The van der Waals surface area contributed by atoms with E-state index in [1.165, 1.54) is 23.3 Å². The molecule has 9 N–H and O–H groups in total. The van der Waals surface area contributed by atoms with Crippen molar-refractivity contribution < 1.29 is 9.94 Å². The fourth-order valence-corrected chi connectivity index (χ4v) is 4.95. The van der Waals surface area contributed by atoms with Crippen molar-refractivity contribution in [2.45, 2.75) is 210 Å². The van der Waals surface area contributed by atoms with E-state index in [2.05, 4.69) is 124 Å². The Morgan fingerprint density at radius 1 is 0.708 bits per heavy atom. The molecular formula is C59H109N11O2. The number of hydrogen-bond acceptors (Lipinski definition) is 11. The van der Waals surface area contributed by atoms with E-state index in [0.717, 1.165) is 48.9 Å². The van der Waals surface area contributed by atoms with E-state index < -0.39 is 0 Å². The van der Waals surface area contributed by atoms with E-state index in [9.17, 15) is 0 Å². The third-order valence-electron chi connectivity index (χ3n) is 9.39. The highest BCUT2D eigenvalue weighted by Gasteiger charge is 2.21. The second-order valence-corrected chi connectivity index (χ2v) is 25.0. The van der Waals surface area contributed by atoms with Gasteiger partial charge in [-0.3, -0.25) is 25.7 Å². The number of hydroxylamine groups is 1. The quantitative estimate of drug-likeness (QED) is 0.0878. The Kier molecular flexibility index (Phi) is 33.4. The molecule has 0 bridgehead atoms. The number of allylic oxidation sites excluding steroid dienone is 1. The Morgan fingerprint density at radius 3 is 1.43 bits per heavy atom. The Labute approximate surface area is 441 Å². The molecule has 2 aromatic carbocycles. The standard InChI is InChI=1S/C14H19N.C12H17NO.C7H15N3.C7H14N2.C6H14N2.C6H13NO.C6H13N.CH4/c1-14(2,3)12-8-6-11(7-9-12)13-5-4-10-15-13;1-9(13)10-5-7-11(8-6-10)14-12(2,3)4;1-6(8)10-9-5-7(2,3)4;1-7(2,3)6-8-4-5-9-6;1-5(7)8-6(2,3)4;1-5(7-8)6(2,3)4;1-5(7)6(2,3)4;/h6-9H,4-5,10H2,1-3H3;5-8,13H,1-4H3;5H,1-4H3,(H2,8,10);4-5H2,1-3H3,(H,8,9);1-4H3,(H2,7,8);7-8H,1H2,2-4H3;7H,1-4H3;1H4/b;;9-5+;;;;;. The summed E-state index contributed by atoms with van der Waals surface area (Å²) >= 11 is 0. The molecule has 0 fully saturated rings. The van der Waals surface area contributed by atoms with Crippen LogP contribution in [-0.2, 0) is 5.41 Å². The van der Waals surface area contributed by atoms with Crippen molar-refractivity contribution in [3.63, 3.8) is 0 Å². The zero-order valence-corrected chi connectivity index (χ0v) is 49.7. The van der Waals surface area contributed by atoms with E-state index in [0.29, 0.717) is 23.1 Å². The highest BCUT2D eigenvalue weighted by molar-refractivity contribution is 6.01. The molecule has 13 heteroatoms. The van der Waals surface area contributed by atoms with Crippen molar-refractivity contribution in [1.82, 2.24) is 10.8 Å². The topological polar surface area (TPSA) is 215 Å². The van der Waals surface area contributed by atoms with Crippen molar-refractivity contribution in [2.24, 2.45) is 58.3 Å². The Bertz CT molecular complexity index is 2020. The minimum absolute atomic E-state index is 0. The lowest BCUT2D eigenvalue weighted by molar-refractivity contribution is 0.131. The first-order valence-electron chi connectivity index (χ1n) is 24.9. The van der Waals surface area contributed by atoms with Gasteiger partial charge in [-0.05, 0) is 139 Å². The molecule has 0 amide bonds. The van der Waals surface area contributed by atoms with Gasteiger partial charge in [0.2, 0.25) is 0 Å². The number of amidine groups is 3. The molecule has 0 atom stereocenters. The van der Waals surface area contributed by atoms with Crippen LogP contribution in [0.4, 0.5) is 0 Å². The molecule has 72 heavy (non-hydrogen) atoms. The first-order valence-corrected chi connectivity index (χ1v) is 24.9. The monoisotopic (exact) mass is 1000 g/mol. The van der Waals surface area contributed by atoms with Crippen LogP contribution in [-0.4, -0.2) is 76.8 Å². The lowest BCUT2D eigenvalue weighted by atomic mass is 9.86. The predicted molar refractivity (Wildman–Crippen MR) is 320 cm³/mol. The van der Waals surface area contributed by atoms with Gasteiger partial charge in [0.05, 0.1) is 17.9 Å². The second-order valence-electron chi connectivity index (χ2n) is 25.0. The molecule has 2 aromatic rings. The number of ether oxygens (including phenoxy) is 1. The molecule has 0 saturated carbocycles. The molecule has 0 unspecified atom stereocenters. The molecule has 0 aromatic heterocycles. The summed E-state index contributed by atoms with van der Waals surface area (Å²) < 4.78 is 5.67. The number of nitrogens with two attached hydrogens (primary N) is 2. The highest BCUT2D eigenvalue weighted by atomic mass is 16.5. The summed E-state index contributed by atoms with van der Waals surface area (Å²) in [7, 11) is 0. The number of aliphatic imine (C=N–C) groups is 3. The molecule has 0 radical (unpaired) electrons. The average Bonchev–Trinajstić information content (AvgIpc) is 3.93. The molecular weight excluding hydrogens is 895 g/mol. The number of nitrogens with zero attached hydrogens (tertiary/aromatic N) is 5. The van der Waals surface area contributed by atoms with Gasteiger partial charge in [-0.1, -0.05) is 142 Å². The van der Waals surface area contributed by atoms with Crippen molar-refractivity contribution in [2.75, 3.05) is 19.6 Å².